The van der Waals surface area contributed by atoms with Crippen molar-refractivity contribution in [1.82, 2.24) is 19.5 Å². The third kappa shape index (κ3) is 3.56. The number of amides is 1. The fraction of sp³-hybridized carbons (Fsp3) is 0.429. The highest BCUT2D eigenvalue weighted by molar-refractivity contribution is 5.93. The molecule has 28 heavy (non-hydrogen) atoms. The third-order valence-electron chi connectivity index (χ3n) is 5.46. The van der Waals surface area contributed by atoms with Gasteiger partial charge in [-0.15, -0.1) is 0 Å². The van der Waals surface area contributed by atoms with Crippen LogP contribution in [0.3, 0.4) is 0 Å². The van der Waals surface area contributed by atoms with Gasteiger partial charge in [0.25, 0.3) is 5.56 Å². The number of benzene rings is 1. The average molecular weight is 379 g/mol. The fourth-order valence-electron chi connectivity index (χ4n) is 4.13. The smallest absolute Gasteiger partial charge is 0.254 e. The lowest BCUT2D eigenvalue weighted by atomic mass is 9.95. The van der Waals surface area contributed by atoms with E-state index in [9.17, 15) is 9.59 Å². The molecule has 2 N–H and O–H groups in total. The molecule has 0 atom stereocenters. The van der Waals surface area contributed by atoms with Crippen molar-refractivity contribution in [1.29, 1.82) is 0 Å². The number of para-hydroxylation sites is 2. The van der Waals surface area contributed by atoms with Gasteiger partial charge in [-0.1, -0.05) is 31.4 Å². The summed E-state index contributed by atoms with van der Waals surface area (Å²) in [5.74, 6) is 0.852. The number of aromatic amines is 1. The molecule has 0 saturated heterocycles. The molecule has 1 aliphatic carbocycles. The van der Waals surface area contributed by atoms with E-state index in [1.54, 1.807) is 13.8 Å². The number of hydrogen-bond acceptors (Lipinski definition) is 4. The Morgan fingerprint density at radius 2 is 1.93 bits per heavy atom. The first kappa shape index (κ1) is 18.4. The number of rotatable bonds is 4. The van der Waals surface area contributed by atoms with Gasteiger partial charge in [-0.3, -0.25) is 14.9 Å². The number of nitrogens with zero attached hydrogens (tertiary/aromatic N) is 3. The molecule has 7 heteroatoms. The number of H-pyrrole nitrogens is 1. The molecular weight excluding hydrogens is 354 g/mol. The standard InChI is InChI=1S/C21H25N5O2/c1-13-16(20(28)23-14(2)22-13)12-19(27)25-21-24-17-10-6-7-11-18(17)26(21)15-8-4-3-5-9-15/h6-7,10-11,15H,3-5,8-9,12H2,1-2H3,(H,22,23,28)(H,24,25,27). The average Bonchev–Trinajstić information content (AvgIpc) is 3.03. The lowest BCUT2D eigenvalue weighted by Gasteiger charge is -2.25. The monoisotopic (exact) mass is 379 g/mol. The molecule has 7 nitrogen and oxygen atoms in total. The predicted molar refractivity (Wildman–Crippen MR) is 109 cm³/mol. The van der Waals surface area contributed by atoms with E-state index in [-0.39, 0.29) is 17.9 Å². The maximum absolute atomic E-state index is 12.7. The molecule has 1 aromatic carbocycles. The van der Waals surface area contributed by atoms with Gasteiger partial charge in [-0.25, -0.2) is 9.97 Å². The van der Waals surface area contributed by atoms with E-state index in [0.29, 0.717) is 29.1 Å². The van der Waals surface area contributed by atoms with Crippen LogP contribution < -0.4 is 10.9 Å². The van der Waals surface area contributed by atoms with Crippen molar-refractivity contribution >= 4 is 22.9 Å². The van der Waals surface area contributed by atoms with E-state index >= 15 is 0 Å². The van der Waals surface area contributed by atoms with E-state index in [1.165, 1.54) is 19.3 Å². The topological polar surface area (TPSA) is 92.7 Å². The molecule has 0 unspecified atom stereocenters. The summed E-state index contributed by atoms with van der Waals surface area (Å²) in [6.45, 7) is 3.48. The maximum atomic E-state index is 12.7. The van der Waals surface area contributed by atoms with Crippen molar-refractivity contribution in [2.75, 3.05) is 5.32 Å². The summed E-state index contributed by atoms with van der Waals surface area (Å²) in [5.41, 5.74) is 2.62. The highest BCUT2D eigenvalue weighted by Crippen LogP contribution is 2.34. The number of carbonyl (C=O) groups is 1. The van der Waals surface area contributed by atoms with Crippen molar-refractivity contribution < 1.29 is 4.79 Å². The molecule has 1 fully saturated rings. The van der Waals surface area contributed by atoms with Crippen molar-refractivity contribution in [2.24, 2.45) is 0 Å². The Hall–Kier alpha value is -2.96. The Labute approximate surface area is 163 Å². The molecule has 0 bridgehead atoms. The molecule has 2 aromatic heterocycles. The number of hydrogen-bond donors (Lipinski definition) is 2. The molecule has 4 rings (SSSR count). The van der Waals surface area contributed by atoms with E-state index in [1.807, 2.05) is 24.3 Å². The van der Waals surface area contributed by atoms with Gasteiger partial charge in [-0.05, 0) is 38.8 Å². The molecule has 146 valence electrons. The first-order chi connectivity index (χ1) is 13.5. The first-order valence-electron chi connectivity index (χ1n) is 9.86. The molecule has 1 saturated carbocycles. The van der Waals surface area contributed by atoms with Crippen LogP contribution in [-0.2, 0) is 11.2 Å². The van der Waals surface area contributed by atoms with Gasteiger partial charge in [0.2, 0.25) is 11.9 Å². The minimum Gasteiger partial charge on any atom is -0.311 e. The van der Waals surface area contributed by atoms with Crippen LogP contribution in [0.4, 0.5) is 5.95 Å². The quantitative estimate of drug-likeness (QED) is 0.726. The van der Waals surface area contributed by atoms with Crippen LogP contribution in [0.15, 0.2) is 29.1 Å². The highest BCUT2D eigenvalue weighted by Gasteiger charge is 2.23. The van der Waals surface area contributed by atoms with Crippen LogP contribution in [0.2, 0.25) is 0 Å². The Morgan fingerprint density at radius 1 is 1.18 bits per heavy atom. The second-order valence-electron chi connectivity index (χ2n) is 7.53. The number of aryl methyl sites for hydroxylation is 2. The zero-order valence-corrected chi connectivity index (χ0v) is 16.3. The molecule has 0 spiro atoms. The Balaban J connectivity index is 1.64. The lowest BCUT2D eigenvalue weighted by Crippen LogP contribution is -2.25. The maximum Gasteiger partial charge on any atom is 0.254 e. The number of carbonyl (C=O) groups excluding carboxylic acids is 1. The zero-order valence-electron chi connectivity index (χ0n) is 16.3. The van der Waals surface area contributed by atoms with Crippen LogP contribution in [0.5, 0.6) is 0 Å². The highest BCUT2D eigenvalue weighted by atomic mass is 16.2. The largest absolute Gasteiger partial charge is 0.311 e. The minimum absolute atomic E-state index is 0.0255. The number of fused-ring (bicyclic) bond motifs is 1. The predicted octanol–water partition coefficient (Wildman–Crippen LogP) is 3.42. The van der Waals surface area contributed by atoms with Crippen molar-refractivity contribution in [3.63, 3.8) is 0 Å². The molecule has 2 heterocycles. The van der Waals surface area contributed by atoms with Gasteiger partial charge < -0.3 is 9.55 Å². The molecule has 0 radical (unpaired) electrons. The Bertz CT molecular complexity index is 1080. The van der Waals surface area contributed by atoms with Crippen LogP contribution in [0.1, 0.15) is 55.2 Å². The number of imidazole rings is 1. The van der Waals surface area contributed by atoms with Gasteiger partial charge in [-0.2, -0.15) is 0 Å². The summed E-state index contributed by atoms with van der Waals surface area (Å²) in [6, 6.07) is 8.29. The molecule has 3 aromatic rings. The van der Waals surface area contributed by atoms with Gasteiger partial charge in [0.1, 0.15) is 5.82 Å². The second kappa shape index (κ2) is 7.58. The summed E-state index contributed by atoms with van der Waals surface area (Å²) in [6.07, 6.45) is 5.78. The molecule has 1 aliphatic rings. The van der Waals surface area contributed by atoms with Crippen LogP contribution in [-0.4, -0.2) is 25.4 Å². The van der Waals surface area contributed by atoms with Crippen molar-refractivity contribution in [2.45, 2.75) is 58.4 Å². The van der Waals surface area contributed by atoms with Crippen LogP contribution in [0, 0.1) is 13.8 Å². The van der Waals surface area contributed by atoms with Gasteiger partial charge in [0.05, 0.1) is 17.5 Å². The van der Waals surface area contributed by atoms with Crippen LogP contribution >= 0.6 is 0 Å². The minimum atomic E-state index is -0.263. The van der Waals surface area contributed by atoms with E-state index < -0.39 is 0 Å². The zero-order chi connectivity index (χ0) is 19.7. The number of aromatic nitrogens is 4. The van der Waals surface area contributed by atoms with Crippen molar-refractivity contribution in [3.05, 3.63) is 51.7 Å². The summed E-state index contributed by atoms with van der Waals surface area (Å²) < 4.78 is 2.16. The molecular formula is C21H25N5O2. The second-order valence-corrected chi connectivity index (χ2v) is 7.53. The van der Waals surface area contributed by atoms with Gasteiger partial charge >= 0.3 is 0 Å². The lowest BCUT2D eigenvalue weighted by molar-refractivity contribution is -0.115. The number of nitrogens with one attached hydrogen (secondary N) is 2. The first-order valence-corrected chi connectivity index (χ1v) is 9.86. The third-order valence-corrected chi connectivity index (χ3v) is 5.46. The normalized spacial score (nSPS) is 15.1. The molecule has 0 aliphatic heterocycles. The van der Waals surface area contributed by atoms with E-state index in [0.717, 1.165) is 23.9 Å². The van der Waals surface area contributed by atoms with Crippen molar-refractivity contribution in [3.8, 4) is 0 Å². The van der Waals surface area contributed by atoms with Gasteiger partial charge in [0.15, 0.2) is 0 Å². The summed E-state index contributed by atoms with van der Waals surface area (Å²) in [5, 5.41) is 2.95. The summed E-state index contributed by atoms with van der Waals surface area (Å²) >= 11 is 0. The SMILES string of the molecule is Cc1nc(C)c(CC(=O)Nc2nc3ccccc3n2C2CCCCC2)c(=O)[nH]1. The summed E-state index contributed by atoms with van der Waals surface area (Å²) in [7, 11) is 0. The Kier molecular flexibility index (Phi) is 4.98. The Morgan fingerprint density at radius 3 is 2.68 bits per heavy atom. The summed E-state index contributed by atoms with van der Waals surface area (Å²) in [4.78, 5) is 36.5. The van der Waals surface area contributed by atoms with E-state index in [2.05, 4.69) is 24.8 Å². The van der Waals surface area contributed by atoms with Gasteiger partial charge in [0, 0.05) is 17.3 Å². The number of anilines is 1. The van der Waals surface area contributed by atoms with E-state index in [4.69, 9.17) is 0 Å². The molecule has 1 amide bonds. The van der Waals surface area contributed by atoms with Crippen LogP contribution in [0.25, 0.3) is 11.0 Å². The fourth-order valence-corrected chi connectivity index (χ4v) is 4.13.